The Bertz CT molecular complexity index is 1520. The third-order valence-electron chi connectivity index (χ3n) is 9.78. The molecule has 8 nitrogen and oxygen atoms in total. The van der Waals surface area contributed by atoms with Gasteiger partial charge in [-0.1, -0.05) is 6.07 Å². The average molecular weight is 618 g/mol. The van der Waals surface area contributed by atoms with Crippen molar-refractivity contribution < 1.29 is 23.1 Å². The summed E-state index contributed by atoms with van der Waals surface area (Å²) in [7, 11) is 1.60. The van der Waals surface area contributed by atoms with Crippen LogP contribution in [0.5, 0.6) is 5.75 Å². The minimum absolute atomic E-state index is 0.0536. The number of ether oxygens (including phenoxy) is 1. The molecule has 4 heterocycles. The second-order valence-corrected chi connectivity index (χ2v) is 12.6. The first-order valence-corrected chi connectivity index (χ1v) is 15.9. The number of fused-ring (bicyclic) bond motifs is 2. The number of hydrogen-bond donors (Lipinski definition) is 3. The van der Waals surface area contributed by atoms with Gasteiger partial charge in [0.05, 0.1) is 18.7 Å². The topological polar surface area (TPSA) is 95.6 Å². The first-order valence-electron chi connectivity index (χ1n) is 15.9. The molecule has 0 radical (unpaired) electrons. The molecule has 3 saturated heterocycles. The van der Waals surface area contributed by atoms with Gasteiger partial charge in [0.1, 0.15) is 23.2 Å². The SMILES string of the molecule is COc1cccc(C(=O)NC2CC3CCC(C2)N3c2ccc(C(=O)NC(C)c3c(F)cc(C4CCNCC4)cc3F)cn2)c1C. The molecule has 2 amide bonds. The molecule has 0 saturated carbocycles. The van der Waals surface area contributed by atoms with Crippen molar-refractivity contribution in [3.05, 3.63) is 88.1 Å². The van der Waals surface area contributed by atoms with Crippen molar-refractivity contribution in [1.29, 1.82) is 0 Å². The van der Waals surface area contributed by atoms with Gasteiger partial charge < -0.3 is 25.6 Å². The fourth-order valence-electron chi connectivity index (χ4n) is 7.45. The summed E-state index contributed by atoms with van der Waals surface area (Å²) in [6, 6.07) is 11.5. The average Bonchev–Trinajstić information content (AvgIpc) is 3.30. The number of hydrogen-bond acceptors (Lipinski definition) is 6. The lowest BCUT2D eigenvalue weighted by atomic mass is 9.89. The van der Waals surface area contributed by atoms with Crippen LogP contribution in [0.3, 0.4) is 0 Å². The lowest BCUT2D eigenvalue weighted by Crippen LogP contribution is -2.50. The Kier molecular flexibility index (Phi) is 9.03. The molecule has 0 aliphatic carbocycles. The fourth-order valence-corrected chi connectivity index (χ4v) is 7.45. The number of carbonyl (C=O) groups is 2. The quantitative estimate of drug-likeness (QED) is 0.306. The van der Waals surface area contributed by atoms with Gasteiger partial charge >= 0.3 is 0 Å². The number of nitrogens with one attached hydrogen (secondary N) is 3. The molecule has 0 spiro atoms. The molecule has 1 aromatic heterocycles. The molecule has 45 heavy (non-hydrogen) atoms. The van der Waals surface area contributed by atoms with Crippen LogP contribution < -0.4 is 25.6 Å². The van der Waals surface area contributed by atoms with Crippen LogP contribution in [0.25, 0.3) is 0 Å². The smallest absolute Gasteiger partial charge is 0.253 e. The van der Waals surface area contributed by atoms with E-state index in [1.807, 2.05) is 31.2 Å². The number of piperidine rings is 2. The van der Waals surface area contributed by atoms with E-state index in [9.17, 15) is 9.59 Å². The lowest BCUT2D eigenvalue weighted by Gasteiger charge is -2.40. The molecular formula is C35H41F2N5O3. The number of halogens is 2. The zero-order valence-electron chi connectivity index (χ0n) is 26.0. The highest BCUT2D eigenvalue weighted by Crippen LogP contribution is 2.39. The summed E-state index contributed by atoms with van der Waals surface area (Å²) >= 11 is 0. The molecule has 3 atom stereocenters. The monoisotopic (exact) mass is 617 g/mol. The van der Waals surface area contributed by atoms with Crippen LogP contribution in [0.4, 0.5) is 14.6 Å². The Morgan fingerprint density at radius 3 is 2.31 bits per heavy atom. The lowest BCUT2D eigenvalue weighted by molar-refractivity contribution is 0.0922. The van der Waals surface area contributed by atoms with Gasteiger partial charge in [-0.05, 0) is 113 Å². The minimum atomic E-state index is -0.856. The van der Waals surface area contributed by atoms with E-state index in [0.717, 1.165) is 63.0 Å². The molecule has 10 heteroatoms. The highest BCUT2D eigenvalue weighted by Gasteiger charge is 2.42. The van der Waals surface area contributed by atoms with E-state index in [4.69, 9.17) is 4.74 Å². The van der Waals surface area contributed by atoms with E-state index in [2.05, 4.69) is 25.8 Å². The van der Waals surface area contributed by atoms with Crippen LogP contribution in [-0.2, 0) is 0 Å². The summed E-state index contributed by atoms with van der Waals surface area (Å²) in [4.78, 5) is 33.1. The number of amides is 2. The first-order chi connectivity index (χ1) is 21.7. The van der Waals surface area contributed by atoms with Crippen LogP contribution >= 0.6 is 0 Å². The highest BCUT2D eigenvalue weighted by atomic mass is 19.1. The molecule has 3 aliphatic heterocycles. The van der Waals surface area contributed by atoms with Gasteiger partial charge in [0.2, 0.25) is 0 Å². The second-order valence-electron chi connectivity index (χ2n) is 12.6. The summed E-state index contributed by atoms with van der Waals surface area (Å²) in [6.45, 7) is 5.14. The van der Waals surface area contributed by atoms with Crippen molar-refractivity contribution in [2.24, 2.45) is 0 Å². The molecular weight excluding hydrogens is 576 g/mol. The Balaban J connectivity index is 1.07. The van der Waals surface area contributed by atoms with Gasteiger partial charge in [-0.2, -0.15) is 0 Å². The maximum Gasteiger partial charge on any atom is 0.253 e. The zero-order chi connectivity index (χ0) is 31.7. The summed E-state index contributed by atoms with van der Waals surface area (Å²) in [5.41, 5.74) is 2.29. The van der Waals surface area contributed by atoms with E-state index in [1.54, 1.807) is 20.1 Å². The number of carbonyl (C=O) groups excluding carboxylic acids is 2. The molecule has 3 unspecified atom stereocenters. The number of pyridine rings is 1. The molecule has 3 fully saturated rings. The van der Waals surface area contributed by atoms with Crippen molar-refractivity contribution >= 4 is 17.6 Å². The third kappa shape index (κ3) is 6.38. The predicted molar refractivity (Wildman–Crippen MR) is 169 cm³/mol. The predicted octanol–water partition coefficient (Wildman–Crippen LogP) is 5.56. The summed E-state index contributed by atoms with van der Waals surface area (Å²) in [6.07, 6.45) is 6.82. The van der Waals surface area contributed by atoms with Crippen molar-refractivity contribution in [3.63, 3.8) is 0 Å². The van der Waals surface area contributed by atoms with Gasteiger partial charge in [-0.15, -0.1) is 0 Å². The van der Waals surface area contributed by atoms with Crippen LogP contribution in [0.1, 0.15) is 94.8 Å². The van der Waals surface area contributed by atoms with E-state index in [-0.39, 0.29) is 35.5 Å². The Morgan fingerprint density at radius 1 is 1.00 bits per heavy atom. The van der Waals surface area contributed by atoms with E-state index in [0.29, 0.717) is 22.4 Å². The van der Waals surface area contributed by atoms with Gasteiger partial charge in [0.25, 0.3) is 11.8 Å². The number of benzene rings is 2. The van der Waals surface area contributed by atoms with Gasteiger partial charge in [-0.3, -0.25) is 9.59 Å². The van der Waals surface area contributed by atoms with Gasteiger partial charge in [0.15, 0.2) is 0 Å². The number of nitrogens with zero attached hydrogens (tertiary/aromatic N) is 2. The van der Waals surface area contributed by atoms with Crippen molar-refractivity contribution in [1.82, 2.24) is 20.9 Å². The molecule has 3 aromatic rings. The Labute approximate surface area is 262 Å². The van der Waals surface area contributed by atoms with Crippen molar-refractivity contribution in [2.45, 2.75) is 82.5 Å². The van der Waals surface area contributed by atoms with Gasteiger partial charge in [-0.25, -0.2) is 13.8 Å². The highest BCUT2D eigenvalue weighted by molar-refractivity contribution is 5.96. The molecule has 2 aromatic carbocycles. The minimum Gasteiger partial charge on any atom is -0.496 e. The largest absolute Gasteiger partial charge is 0.496 e. The third-order valence-corrected chi connectivity index (χ3v) is 9.78. The fraction of sp³-hybridized carbons (Fsp3) is 0.457. The molecule has 3 aliphatic rings. The van der Waals surface area contributed by atoms with Crippen LogP contribution in [0, 0.1) is 18.6 Å². The van der Waals surface area contributed by atoms with E-state index in [1.165, 1.54) is 18.3 Å². The van der Waals surface area contributed by atoms with E-state index < -0.39 is 23.6 Å². The first kappa shape index (κ1) is 31.0. The molecule has 6 rings (SSSR count). The number of rotatable bonds is 8. The summed E-state index contributed by atoms with van der Waals surface area (Å²) in [5, 5.41) is 9.24. The van der Waals surface area contributed by atoms with Gasteiger partial charge in [0, 0.05) is 41.0 Å². The van der Waals surface area contributed by atoms with Crippen LogP contribution in [-0.4, -0.2) is 55.1 Å². The number of aromatic nitrogens is 1. The molecule has 2 bridgehead atoms. The number of anilines is 1. The van der Waals surface area contributed by atoms with E-state index >= 15 is 8.78 Å². The normalized spacial score (nSPS) is 22.2. The summed E-state index contributed by atoms with van der Waals surface area (Å²) < 4.78 is 35.6. The molecule has 238 valence electrons. The maximum atomic E-state index is 15.1. The van der Waals surface area contributed by atoms with Crippen LogP contribution in [0.2, 0.25) is 0 Å². The van der Waals surface area contributed by atoms with Crippen molar-refractivity contribution in [2.75, 3.05) is 25.1 Å². The Morgan fingerprint density at radius 2 is 1.69 bits per heavy atom. The number of methoxy groups -OCH3 is 1. The Hall–Kier alpha value is -4.05. The second kappa shape index (κ2) is 13.1. The zero-order valence-corrected chi connectivity index (χ0v) is 26.0. The maximum absolute atomic E-state index is 15.1. The van der Waals surface area contributed by atoms with Crippen molar-refractivity contribution in [3.8, 4) is 5.75 Å². The van der Waals surface area contributed by atoms with Crippen LogP contribution in [0.15, 0.2) is 48.7 Å². The molecule has 3 N–H and O–H groups in total. The standard InChI is InChI=1S/C35H41F2N5O3/c1-20-28(5-4-6-31(20)45-3)35(44)41-25-17-26-8-9-27(18-25)42(26)32-10-7-23(19-39-32)34(43)40-21(2)33-29(36)15-24(16-30(33)37)22-11-13-38-14-12-22/h4-7,10,15-16,19,21-22,25-27,38H,8-9,11-14,17-18H2,1-3H3,(H,40,43)(H,41,44). The summed E-state index contributed by atoms with van der Waals surface area (Å²) in [5.74, 6) is -0.217.